The summed E-state index contributed by atoms with van der Waals surface area (Å²) in [5.74, 6) is 0. The molecule has 0 bridgehead atoms. The molecule has 0 saturated carbocycles. The molecule has 0 N–H and O–H groups in total. The Balaban J connectivity index is 2.08. The maximum absolute atomic E-state index is 10.5. The Morgan fingerprint density at radius 1 is 1.41 bits per heavy atom. The first-order valence-corrected chi connectivity index (χ1v) is 7.40. The molecular weight excluding hydrogens is 305 g/mol. The molecule has 0 spiro atoms. The van der Waals surface area contributed by atoms with Gasteiger partial charge in [-0.1, -0.05) is 0 Å². The number of aryl methyl sites for hydroxylation is 2. The van der Waals surface area contributed by atoms with Crippen LogP contribution in [0.15, 0.2) is 23.1 Å². The monoisotopic (exact) mass is 313 g/mol. The molecule has 1 heterocycles. The topological polar surface area (TPSA) is 68.9 Å². The summed E-state index contributed by atoms with van der Waals surface area (Å²) in [6, 6.07) is 5.62. The van der Waals surface area contributed by atoms with E-state index >= 15 is 0 Å². The van der Waals surface area contributed by atoms with Gasteiger partial charge in [0.2, 0.25) is 0 Å². The quantitative estimate of drug-likeness (QED) is 0.364. The van der Waals surface area contributed by atoms with Crippen molar-refractivity contribution in [2.45, 2.75) is 17.7 Å². The van der Waals surface area contributed by atoms with Crippen LogP contribution in [0.2, 0.25) is 0 Å². The standard InChI is InChI=1S/C10H7N3O2SSe/c14-13(15)16-7-3-1-6-2-4-9-10(8(6)5-7)11-12-17-9/h1,3,5H,2,4H2. The molecule has 0 unspecified atom stereocenters. The van der Waals surface area contributed by atoms with E-state index in [9.17, 15) is 10.1 Å². The van der Waals surface area contributed by atoms with Crippen molar-refractivity contribution in [3.05, 3.63) is 38.3 Å². The van der Waals surface area contributed by atoms with Crippen molar-refractivity contribution in [3.63, 3.8) is 0 Å². The van der Waals surface area contributed by atoms with Gasteiger partial charge >= 0.3 is 108 Å². The Bertz CT molecular complexity index is 599. The first-order chi connectivity index (χ1) is 8.24. The number of rotatable bonds is 2. The van der Waals surface area contributed by atoms with Gasteiger partial charge in [0.25, 0.3) is 0 Å². The number of hydrogen-bond donors (Lipinski definition) is 0. The van der Waals surface area contributed by atoms with Gasteiger partial charge < -0.3 is 0 Å². The van der Waals surface area contributed by atoms with Gasteiger partial charge in [0.05, 0.1) is 0 Å². The Morgan fingerprint density at radius 3 is 3.12 bits per heavy atom. The van der Waals surface area contributed by atoms with Gasteiger partial charge in [-0.05, 0) is 0 Å². The predicted molar refractivity (Wildman–Crippen MR) is 64.7 cm³/mol. The fourth-order valence-corrected chi connectivity index (χ4v) is 3.80. The van der Waals surface area contributed by atoms with E-state index in [4.69, 9.17) is 0 Å². The van der Waals surface area contributed by atoms with Gasteiger partial charge in [0, 0.05) is 0 Å². The molecule has 0 aliphatic heterocycles. The number of nitro groups is 1. The summed E-state index contributed by atoms with van der Waals surface area (Å²) < 4.78 is 5.01. The number of fused-ring (bicyclic) bond motifs is 3. The molecule has 17 heavy (non-hydrogen) atoms. The first-order valence-electron chi connectivity index (χ1n) is 5.01. The molecule has 0 saturated heterocycles. The van der Waals surface area contributed by atoms with Crippen molar-refractivity contribution in [2.75, 3.05) is 0 Å². The van der Waals surface area contributed by atoms with Crippen LogP contribution >= 0.6 is 11.9 Å². The van der Waals surface area contributed by atoms with E-state index in [-0.39, 0.29) is 19.1 Å². The average Bonchev–Trinajstić information content (AvgIpc) is 2.76. The zero-order valence-corrected chi connectivity index (χ0v) is 11.2. The summed E-state index contributed by atoms with van der Waals surface area (Å²) >= 11 is 0.776. The fourth-order valence-electron chi connectivity index (χ4n) is 1.96. The van der Waals surface area contributed by atoms with Crippen molar-refractivity contribution in [1.82, 2.24) is 9.19 Å². The van der Waals surface area contributed by atoms with Crippen molar-refractivity contribution in [1.29, 1.82) is 0 Å². The number of aromatic nitrogens is 2. The Morgan fingerprint density at radius 2 is 2.29 bits per heavy atom. The third-order valence-electron chi connectivity index (χ3n) is 2.69. The number of benzene rings is 1. The van der Waals surface area contributed by atoms with E-state index < -0.39 is 0 Å². The molecule has 7 heteroatoms. The summed E-state index contributed by atoms with van der Waals surface area (Å²) in [5, 5.41) is 14.7. The average molecular weight is 312 g/mol. The number of hydrogen-bond acceptors (Lipinski definition) is 5. The predicted octanol–water partition coefficient (Wildman–Crippen LogP) is 1.58. The molecule has 1 aliphatic carbocycles. The fraction of sp³-hybridized carbons (Fsp3) is 0.200. The maximum atomic E-state index is 10.5. The van der Waals surface area contributed by atoms with E-state index in [1.165, 1.54) is 10.0 Å². The van der Waals surface area contributed by atoms with Gasteiger partial charge in [-0.3, -0.25) is 0 Å². The van der Waals surface area contributed by atoms with E-state index in [2.05, 4.69) is 9.19 Å². The van der Waals surface area contributed by atoms with Crippen molar-refractivity contribution in [2.24, 2.45) is 0 Å². The van der Waals surface area contributed by atoms with Gasteiger partial charge in [0.15, 0.2) is 0 Å². The summed E-state index contributed by atoms with van der Waals surface area (Å²) in [7, 11) is 0. The molecule has 1 aromatic heterocycles. The van der Waals surface area contributed by atoms with Crippen LogP contribution in [0.4, 0.5) is 0 Å². The summed E-state index contributed by atoms with van der Waals surface area (Å²) in [6.45, 7) is 0. The van der Waals surface area contributed by atoms with Crippen molar-refractivity contribution >= 4 is 26.7 Å². The Kier molecular flexibility index (Phi) is 2.74. The van der Waals surface area contributed by atoms with Crippen LogP contribution in [-0.4, -0.2) is 28.3 Å². The van der Waals surface area contributed by atoms with E-state index in [1.807, 2.05) is 12.1 Å². The van der Waals surface area contributed by atoms with Gasteiger partial charge in [0.1, 0.15) is 0 Å². The van der Waals surface area contributed by atoms with Gasteiger partial charge in [-0.2, -0.15) is 0 Å². The second kappa shape index (κ2) is 4.25. The molecule has 3 rings (SSSR count). The van der Waals surface area contributed by atoms with Crippen LogP contribution < -0.4 is 0 Å². The van der Waals surface area contributed by atoms with Gasteiger partial charge in [-0.25, -0.2) is 0 Å². The van der Waals surface area contributed by atoms with Crippen LogP contribution in [0.5, 0.6) is 0 Å². The molecule has 0 atom stereocenters. The Labute approximate surface area is 108 Å². The van der Waals surface area contributed by atoms with Gasteiger partial charge in [-0.15, -0.1) is 0 Å². The molecule has 2 aromatic rings. The second-order valence-electron chi connectivity index (χ2n) is 3.68. The van der Waals surface area contributed by atoms with E-state index in [1.54, 1.807) is 6.07 Å². The van der Waals surface area contributed by atoms with Crippen LogP contribution in [0.1, 0.15) is 10.0 Å². The van der Waals surface area contributed by atoms with Crippen LogP contribution in [0.25, 0.3) is 11.3 Å². The van der Waals surface area contributed by atoms with Crippen molar-refractivity contribution in [3.8, 4) is 11.3 Å². The number of nitrogens with zero attached hydrogens (tertiary/aromatic N) is 3. The minimum atomic E-state index is -0.389. The molecule has 1 aliphatic rings. The zero-order chi connectivity index (χ0) is 11.8. The molecule has 5 nitrogen and oxygen atoms in total. The van der Waals surface area contributed by atoms with Crippen molar-refractivity contribution < 1.29 is 4.33 Å². The third-order valence-corrected chi connectivity index (χ3v) is 4.95. The first kappa shape index (κ1) is 11.0. The SMILES string of the molecule is O=[N+]([O-])Sc1ccc2c(c1)-c1nn[se]c1CC2. The molecule has 86 valence electrons. The summed E-state index contributed by atoms with van der Waals surface area (Å²) in [4.78, 5) is 11.1. The molecule has 1 aromatic carbocycles. The van der Waals surface area contributed by atoms with Crippen LogP contribution in [0.3, 0.4) is 0 Å². The molecular formula is C10H7N3O2SSe. The second-order valence-corrected chi connectivity index (χ2v) is 6.39. The Hall–Kier alpha value is -1.17. The minimum absolute atomic E-state index is 0.138. The normalized spacial score (nSPS) is 12.9. The summed E-state index contributed by atoms with van der Waals surface area (Å²) in [6.07, 6.45) is 2.02. The van der Waals surface area contributed by atoms with E-state index in [0.29, 0.717) is 16.8 Å². The summed E-state index contributed by atoms with van der Waals surface area (Å²) in [5.41, 5.74) is 3.20. The molecule has 0 fully saturated rings. The molecule has 0 radical (unpaired) electrons. The van der Waals surface area contributed by atoms with Crippen LogP contribution in [0, 0.1) is 10.1 Å². The zero-order valence-electron chi connectivity index (χ0n) is 8.62. The van der Waals surface area contributed by atoms with E-state index in [0.717, 1.165) is 24.1 Å². The molecule has 0 amide bonds. The van der Waals surface area contributed by atoms with Crippen LogP contribution in [-0.2, 0) is 12.8 Å². The third kappa shape index (κ3) is 2.01.